The summed E-state index contributed by atoms with van der Waals surface area (Å²) in [6.07, 6.45) is 104. The van der Waals surface area contributed by atoms with E-state index in [1.54, 1.807) is 0 Å². The number of aliphatic carboxylic acids is 3. The number of carboxylic acid groups (broad SMARTS) is 3. The van der Waals surface area contributed by atoms with Crippen molar-refractivity contribution in [3.8, 4) is 0 Å². The number of carbonyl (C=O) groups excluding carboxylic acids is 3. The van der Waals surface area contributed by atoms with E-state index in [-0.39, 0.29) is 54.9 Å². The summed E-state index contributed by atoms with van der Waals surface area (Å²) in [5, 5.41) is 31.0. The van der Waals surface area contributed by atoms with Gasteiger partial charge < -0.3 is 29.7 Å². The van der Waals surface area contributed by atoms with E-state index in [0.717, 1.165) is 38.5 Å². The van der Waals surface area contributed by atoms with E-state index < -0.39 is 17.9 Å². The Hall–Kier alpha value is -0.395. The molecule has 91 heavy (non-hydrogen) atoms. The fourth-order valence-corrected chi connectivity index (χ4v) is 13.2. The Morgan fingerprint density at radius 3 is 0.275 bits per heavy atom. The first kappa shape index (κ1) is 97.0. The van der Waals surface area contributed by atoms with Crippen molar-refractivity contribution in [2.24, 2.45) is 0 Å². The molecule has 7 heteroatoms. The topological polar surface area (TPSA) is 120 Å². The summed E-state index contributed by atoms with van der Waals surface area (Å²) in [4.78, 5) is 31.0. The molecule has 0 aromatic heterocycles. The number of rotatable bonds is 78. The fourth-order valence-electron chi connectivity index (χ4n) is 13.2. The van der Waals surface area contributed by atoms with Crippen molar-refractivity contribution in [3.63, 3.8) is 0 Å². The van der Waals surface area contributed by atoms with Crippen LogP contribution in [0, 0.1) is 35.6 Å². The average molecular weight is 1410 g/mol. The van der Waals surface area contributed by atoms with Gasteiger partial charge in [-0.15, -0.1) is 0 Å². The van der Waals surface area contributed by atoms with Crippen molar-refractivity contribution in [2.45, 2.75) is 522 Å². The van der Waals surface area contributed by atoms with Crippen LogP contribution in [-0.2, 0) is 14.4 Å². The van der Waals surface area contributed by atoms with E-state index in [1.807, 2.05) is 0 Å². The molecular formula is C84H165LaO6. The minimum Gasteiger partial charge on any atom is -0.550 e. The van der Waals surface area contributed by atoms with Gasteiger partial charge in [-0.2, -0.15) is 0 Å². The van der Waals surface area contributed by atoms with Gasteiger partial charge in [-0.05, 0) is 38.5 Å². The van der Waals surface area contributed by atoms with Crippen molar-refractivity contribution in [1.29, 1.82) is 0 Å². The van der Waals surface area contributed by atoms with Crippen LogP contribution in [0.2, 0.25) is 0 Å². The Morgan fingerprint density at radius 2 is 0.209 bits per heavy atom. The largest absolute Gasteiger partial charge is 3.00 e. The quantitative estimate of drug-likeness (QED) is 0.0559. The second-order valence-corrected chi connectivity index (χ2v) is 28.8. The molecule has 0 spiro atoms. The van der Waals surface area contributed by atoms with Gasteiger partial charge in [-0.1, -0.05) is 483 Å². The third-order valence-corrected chi connectivity index (χ3v) is 19.5. The molecule has 0 aromatic carbocycles. The van der Waals surface area contributed by atoms with Crippen molar-refractivity contribution in [2.75, 3.05) is 0 Å². The molecule has 0 amide bonds. The average Bonchev–Trinajstić information content (AvgIpc) is 3.53. The van der Waals surface area contributed by atoms with E-state index >= 15 is 0 Å². The molecule has 0 saturated carbocycles. The first-order chi connectivity index (χ1) is 44.3. The third-order valence-electron chi connectivity index (χ3n) is 19.5. The standard InChI is InChI=1S/3C28H56O2.La/c3*1-2-3-4-5-6-7-8-9-10-11-12-13-14-15-16-17-18-19-20-21-22-23-24-25-26-27-28(29)30;/h3*2-27H2,1H3,(H,29,30);/q;;;+3/p-3. The molecule has 0 fully saturated rings. The van der Waals surface area contributed by atoms with E-state index in [0.29, 0.717) is 0 Å². The van der Waals surface area contributed by atoms with Gasteiger partial charge in [0.15, 0.2) is 0 Å². The van der Waals surface area contributed by atoms with Crippen LogP contribution in [0.4, 0.5) is 0 Å². The molecule has 0 bridgehead atoms. The smallest absolute Gasteiger partial charge is 0.550 e. The van der Waals surface area contributed by atoms with E-state index in [9.17, 15) is 29.7 Å². The van der Waals surface area contributed by atoms with Gasteiger partial charge in [0.05, 0.1) is 0 Å². The van der Waals surface area contributed by atoms with Gasteiger partial charge in [0, 0.05) is 17.9 Å². The molecule has 0 rings (SSSR count). The maximum atomic E-state index is 10.3. The summed E-state index contributed by atoms with van der Waals surface area (Å²) in [6.45, 7) is 6.88. The monoisotopic (exact) mass is 1410 g/mol. The van der Waals surface area contributed by atoms with Crippen LogP contribution in [0.25, 0.3) is 0 Å². The molecule has 0 atom stereocenters. The Labute approximate surface area is 600 Å². The molecule has 0 heterocycles. The van der Waals surface area contributed by atoms with Crippen LogP contribution >= 0.6 is 0 Å². The fraction of sp³-hybridized carbons (Fsp3) is 0.964. The summed E-state index contributed by atoms with van der Waals surface area (Å²) < 4.78 is 0. The summed E-state index contributed by atoms with van der Waals surface area (Å²) in [6, 6.07) is 0. The predicted molar refractivity (Wildman–Crippen MR) is 392 cm³/mol. The van der Waals surface area contributed by atoms with Gasteiger partial charge in [0.1, 0.15) is 0 Å². The molecule has 0 unspecified atom stereocenters. The Kier molecular flexibility index (Phi) is 100.0. The third kappa shape index (κ3) is 106. The minimum atomic E-state index is -0.899. The Bertz CT molecular complexity index is 1140. The summed E-state index contributed by atoms with van der Waals surface area (Å²) in [7, 11) is 0. The maximum Gasteiger partial charge on any atom is 3.00 e. The number of carbonyl (C=O) groups is 3. The van der Waals surface area contributed by atoms with E-state index in [4.69, 9.17) is 0 Å². The summed E-state index contributed by atoms with van der Waals surface area (Å²) in [5.41, 5.74) is 0. The normalized spacial score (nSPS) is 11.1. The van der Waals surface area contributed by atoms with Crippen LogP contribution in [-0.4, -0.2) is 17.9 Å². The molecule has 0 aliphatic heterocycles. The Balaban J connectivity index is -0.000000620. The molecule has 0 aromatic rings. The molecule has 0 radical (unpaired) electrons. The van der Waals surface area contributed by atoms with Gasteiger partial charge >= 0.3 is 35.6 Å². The number of hydrogen-bond acceptors (Lipinski definition) is 6. The summed E-state index contributed by atoms with van der Waals surface area (Å²) in [5.74, 6) is -2.70. The molecule has 0 saturated heterocycles. The second-order valence-electron chi connectivity index (χ2n) is 28.8. The van der Waals surface area contributed by atoms with Gasteiger partial charge in [-0.25, -0.2) is 0 Å². The molecule has 0 N–H and O–H groups in total. The van der Waals surface area contributed by atoms with Crippen molar-refractivity contribution >= 4 is 17.9 Å². The predicted octanol–water partition coefficient (Wildman–Crippen LogP) is 26.7. The maximum absolute atomic E-state index is 10.3. The van der Waals surface area contributed by atoms with Crippen molar-refractivity contribution in [3.05, 3.63) is 0 Å². The zero-order valence-corrected chi connectivity index (χ0v) is 66.3. The number of unbranched alkanes of at least 4 members (excludes halogenated alkanes) is 72. The zero-order valence-electron chi connectivity index (χ0n) is 62.7. The van der Waals surface area contributed by atoms with Crippen LogP contribution in [0.1, 0.15) is 522 Å². The van der Waals surface area contributed by atoms with E-state index in [1.165, 1.54) is 443 Å². The van der Waals surface area contributed by atoms with E-state index in [2.05, 4.69) is 20.8 Å². The Morgan fingerprint density at radius 1 is 0.143 bits per heavy atom. The second kappa shape index (κ2) is 93.8. The van der Waals surface area contributed by atoms with Crippen LogP contribution in [0.15, 0.2) is 0 Å². The van der Waals surface area contributed by atoms with Crippen LogP contribution in [0.3, 0.4) is 0 Å². The van der Waals surface area contributed by atoms with Crippen molar-refractivity contribution in [1.82, 2.24) is 0 Å². The number of carboxylic acids is 3. The van der Waals surface area contributed by atoms with Gasteiger partial charge in [-0.3, -0.25) is 0 Å². The minimum absolute atomic E-state index is 0. The first-order valence-electron chi connectivity index (χ1n) is 41.9. The first-order valence-corrected chi connectivity index (χ1v) is 41.9. The number of hydrogen-bond donors (Lipinski definition) is 0. The SMILES string of the molecule is CCCCCCCCCCCCCCCCCCCCCCCCCCCC(=O)[O-].CCCCCCCCCCCCCCCCCCCCCCCCCCCC(=O)[O-].CCCCCCCCCCCCCCCCCCCCCCCCCCCC(=O)[O-].[La+3]. The summed E-state index contributed by atoms with van der Waals surface area (Å²) >= 11 is 0. The zero-order chi connectivity index (χ0) is 65.9. The molecular weight excluding hydrogens is 1240 g/mol. The molecule has 0 aliphatic rings. The molecule has 6 nitrogen and oxygen atoms in total. The van der Waals surface area contributed by atoms with Gasteiger partial charge in [0.25, 0.3) is 0 Å². The molecule has 540 valence electrons. The van der Waals surface area contributed by atoms with Crippen LogP contribution < -0.4 is 15.3 Å². The van der Waals surface area contributed by atoms with Crippen LogP contribution in [0.5, 0.6) is 0 Å². The van der Waals surface area contributed by atoms with Crippen molar-refractivity contribution < 1.29 is 65.3 Å². The molecule has 0 aliphatic carbocycles. The van der Waals surface area contributed by atoms with Gasteiger partial charge in [0.2, 0.25) is 0 Å².